The number of halogens is 3. The number of rotatable bonds is 2. The molecule has 0 aliphatic heterocycles. The molecule has 0 saturated heterocycles. The summed E-state index contributed by atoms with van der Waals surface area (Å²) in [6.07, 6.45) is -2.98. The van der Waals surface area contributed by atoms with Gasteiger partial charge < -0.3 is 10.8 Å². The van der Waals surface area contributed by atoms with Crippen molar-refractivity contribution in [2.45, 2.75) is 6.18 Å². The van der Waals surface area contributed by atoms with Crippen LogP contribution in [-0.2, 0) is 6.18 Å². The van der Waals surface area contributed by atoms with E-state index in [1.807, 2.05) is 0 Å². The molecule has 0 saturated carbocycles. The third-order valence-corrected chi connectivity index (χ3v) is 3.23. The maximum Gasteiger partial charge on any atom is 0.416 e. The van der Waals surface area contributed by atoms with Crippen LogP contribution in [0.1, 0.15) is 15.9 Å². The number of carboxylic acids is 1. The molecule has 0 fully saturated rings. The molecule has 0 unspecified atom stereocenters. The summed E-state index contributed by atoms with van der Waals surface area (Å²) >= 11 is 0. The smallest absolute Gasteiger partial charge is 0.416 e. The fourth-order valence-electron chi connectivity index (χ4n) is 2.17. The van der Waals surface area contributed by atoms with Gasteiger partial charge in [0.25, 0.3) is 0 Å². The predicted molar refractivity (Wildman–Crippen MR) is 74.8 cm³/mol. The highest BCUT2D eigenvalue weighted by atomic mass is 19.4. The van der Waals surface area contributed by atoms with Gasteiger partial charge >= 0.3 is 12.1 Å². The average molecular weight is 322 g/mol. The highest BCUT2D eigenvalue weighted by molar-refractivity contribution is 5.96. The van der Waals surface area contributed by atoms with Crippen LogP contribution in [0.25, 0.3) is 16.8 Å². The quantitative estimate of drug-likeness (QED) is 0.756. The van der Waals surface area contributed by atoms with Gasteiger partial charge in [0.1, 0.15) is 5.56 Å². The van der Waals surface area contributed by atoms with Gasteiger partial charge in [-0.25, -0.2) is 9.31 Å². The highest BCUT2D eigenvalue weighted by Crippen LogP contribution is 2.31. The normalized spacial score (nSPS) is 11.8. The van der Waals surface area contributed by atoms with Gasteiger partial charge in [-0.2, -0.15) is 18.2 Å². The van der Waals surface area contributed by atoms with Crippen molar-refractivity contribution >= 4 is 17.6 Å². The van der Waals surface area contributed by atoms with Crippen LogP contribution in [0, 0.1) is 0 Å². The minimum Gasteiger partial charge on any atom is -0.478 e. The summed E-state index contributed by atoms with van der Waals surface area (Å²) in [6, 6.07) is 5.69. The van der Waals surface area contributed by atoms with E-state index in [1.54, 1.807) is 0 Å². The number of carbonyl (C=O) groups is 1. The molecule has 6 nitrogen and oxygen atoms in total. The number of alkyl halides is 3. The first-order valence-corrected chi connectivity index (χ1v) is 6.32. The largest absolute Gasteiger partial charge is 0.478 e. The van der Waals surface area contributed by atoms with Gasteiger partial charge in [-0.3, -0.25) is 0 Å². The predicted octanol–water partition coefficient (Wildman–Crippen LogP) is 2.70. The second-order valence-electron chi connectivity index (χ2n) is 4.76. The Labute approximate surface area is 127 Å². The van der Waals surface area contributed by atoms with Crippen molar-refractivity contribution in [3.05, 3.63) is 47.7 Å². The fraction of sp³-hybridized carbons (Fsp3) is 0.0714. The van der Waals surface area contributed by atoms with E-state index in [0.717, 1.165) is 12.1 Å². The number of carboxylic acid groups (broad SMARTS) is 1. The van der Waals surface area contributed by atoms with Crippen molar-refractivity contribution in [1.82, 2.24) is 14.6 Å². The van der Waals surface area contributed by atoms with Crippen LogP contribution in [-0.4, -0.2) is 25.7 Å². The first-order chi connectivity index (χ1) is 10.8. The van der Waals surface area contributed by atoms with Crippen LogP contribution < -0.4 is 5.73 Å². The molecule has 0 atom stereocenters. The van der Waals surface area contributed by atoms with E-state index in [4.69, 9.17) is 5.73 Å². The van der Waals surface area contributed by atoms with E-state index < -0.39 is 17.7 Å². The molecular weight excluding hydrogens is 313 g/mol. The lowest BCUT2D eigenvalue weighted by molar-refractivity contribution is -0.137. The number of aromatic nitrogens is 3. The lowest BCUT2D eigenvalue weighted by Gasteiger charge is -2.08. The van der Waals surface area contributed by atoms with E-state index in [-0.39, 0.29) is 17.2 Å². The summed E-state index contributed by atoms with van der Waals surface area (Å²) in [7, 11) is 0. The Hall–Kier alpha value is -3.10. The topological polar surface area (TPSA) is 93.5 Å². The molecule has 0 amide bonds. The number of anilines is 1. The van der Waals surface area contributed by atoms with Crippen LogP contribution in [0.3, 0.4) is 0 Å². The van der Waals surface area contributed by atoms with E-state index in [0.29, 0.717) is 11.1 Å². The second-order valence-corrected chi connectivity index (χ2v) is 4.76. The molecule has 0 aliphatic rings. The van der Waals surface area contributed by atoms with Gasteiger partial charge in [-0.15, -0.1) is 5.10 Å². The van der Waals surface area contributed by atoms with E-state index >= 15 is 0 Å². The molecule has 23 heavy (non-hydrogen) atoms. The first-order valence-electron chi connectivity index (χ1n) is 6.32. The van der Waals surface area contributed by atoms with Crippen LogP contribution in [0.2, 0.25) is 0 Å². The minimum absolute atomic E-state index is 0.0608. The molecule has 0 aliphatic carbocycles. The van der Waals surface area contributed by atoms with Crippen molar-refractivity contribution in [3.63, 3.8) is 0 Å². The molecule has 1 aromatic carbocycles. The zero-order chi connectivity index (χ0) is 16.8. The monoisotopic (exact) mass is 322 g/mol. The van der Waals surface area contributed by atoms with E-state index in [2.05, 4.69) is 10.1 Å². The van der Waals surface area contributed by atoms with Crippen molar-refractivity contribution in [3.8, 4) is 11.1 Å². The SMILES string of the molecule is Nc1nc2c(C(=O)O)cc(-c3ccc(C(F)(F)F)cc3)cn2n1. The maximum atomic E-state index is 12.6. The van der Waals surface area contributed by atoms with Crippen LogP contribution >= 0.6 is 0 Å². The number of hydrogen-bond donors (Lipinski definition) is 2. The Balaban J connectivity index is 2.14. The Kier molecular flexibility index (Phi) is 3.20. The Morgan fingerprint density at radius 3 is 2.39 bits per heavy atom. The summed E-state index contributed by atoms with van der Waals surface area (Å²) in [5.74, 6) is -1.34. The Bertz CT molecular complexity index is 901. The Morgan fingerprint density at radius 1 is 1.17 bits per heavy atom. The molecule has 9 heteroatoms. The fourth-order valence-corrected chi connectivity index (χ4v) is 2.17. The van der Waals surface area contributed by atoms with Crippen molar-refractivity contribution in [2.24, 2.45) is 0 Å². The molecule has 3 N–H and O–H groups in total. The highest BCUT2D eigenvalue weighted by Gasteiger charge is 2.30. The molecule has 3 rings (SSSR count). The lowest BCUT2D eigenvalue weighted by atomic mass is 10.0. The van der Waals surface area contributed by atoms with Gasteiger partial charge in [0, 0.05) is 11.8 Å². The standard InChI is InChI=1S/C14H9F3N4O2/c15-14(16,17)9-3-1-7(2-4-9)8-5-10(12(22)23)11-19-13(18)20-21(11)6-8/h1-6H,(H2,18,20)(H,22,23). The van der Waals surface area contributed by atoms with Gasteiger partial charge in [0.05, 0.1) is 5.56 Å². The summed E-state index contributed by atoms with van der Waals surface area (Å²) in [4.78, 5) is 15.1. The van der Waals surface area contributed by atoms with Crippen molar-refractivity contribution in [1.29, 1.82) is 0 Å². The summed E-state index contributed by atoms with van der Waals surface area (Å²) in [5, 5.41) is 13.1. The average Bonchev–Trinajstić information content (AvgIpc) is 2.85. The van der Waals surface area contributed by atoms with Crippen LogP contribution in [0.5, 0.6) is 0 Å². The number of aromatic carboxylic acids is 1. The first kappa shape index (κ1) is 14.8. The number of hydrogen-bond acceptors (Lipinski definition) is 4. The van der Waals surface area contributed by atoms with Gasteiger partial charge in [0.15, 0.2) is 5.65 Å². The van der Waals surface area contributed by atoms with Crippen LogP contribution in [0.4, 0.5) is 19.1 Å². The number of fused-ring (bicyclic) bond motifs is 1. The zero-order valence-electron chi connectivity index (χ0n) is 11.4. The summed E-state index contributed by atoms with van der Waals surface area (Å²) in [5.41, 5.74) is 5.38. The van der Waals surface area contributed by atoms with Crippen molar-refractivity contribution in [2.75, 3.05) is 5.73 Å². The number of nitrogen functional groups attached to an aromatic ring is 1. The molecule has 0 spiro atoms. The minimum atomic E-state index is -4.44. The van der Waals surface area contributed by atoms with E-state index in [1.165, 1.54) is 28.9 Å². The van der Waals surface area contributed by atoms with E-state index in [9.17, 15) is 23.1 Å². The number of nitrogens with zero attached hydrogens (tertiary/aromatic N) is 3. The molecule has 0 radical (unpaired) electrons. The molecule has 2 aromatic heterocycles. The number of nitrogens with two attached hydrogens (primary N) is 1. The number of benzene rings is 1. The molecule has 3 aromatic rings. The lowest BCUT2D eigenvalue weighted by Crippen LogP contribution is -2.04. The van der Waals surface area contributed by atoms with Gasteiger partial charge in [0.2, 0.25) is 5.95 Å². The molecule has 2 heterocycles. The third-order valence-electron chi connectivity index (χ3n) is 3.23. The zero-order valence-corrected chi connectivity index (χ0v) is 11.4. The molecule has 0 bridgehead atoms. The summed E-state index contributed by atoms with van der Waals surface area (Å²) < 4.78 is 39.0. The number of pyridine rings is 1. The second kappa shape index (κ2) is 4.97. The van der Waals surface area contributed by atoms with Gasteiger partial charge in [-0.1, -0.05) is 12.1 Å². The molecular formula is C14H9F3N4O2. The van der Waals surface area contributed by atoms with Crippen LogP contribution in [0.15, 0.2) is 36.5 Å². The Morgan fingerprint density at radius 2 is 1.83 bits per heavy atom. The van der Waals surface area contributed by atoms with Crippen molar-refractivity contribution < 1.29 is 23.1 Å². The maximum absolute atomic E-state index is 12.6. The molecule has 118 valence electrons. The third kappa shape index (κ3) is 2.68. The summed E-state index contributed by atoms with van der Waals surface area (Å²) in [6.45, 7) is 0. The van der Waals surface area contributed by atoms with Gasteiger partial charge in [-0.05, 0) is 23.8 Å².